The Hall–Kier alpha value is -4.58. The molecule has 0 saturated carbocycles. The number of carbonyl (C=O) groups excluding carboxylic acids is 2. The Kier molecular flexibility index (Phi) is 19.4. The van der Waals surface area contributed by atoms with E-state index in [0.29, 0.717) is 45.8 Å². The predicted molar refractivity (Wildman–Crippen MR) is 278 cm³/mol. The lowest BCUT2D eigenvalue weighted by atomic mass is 9.67. The number of likely N-dealkylation sites (tertiary alicyclic amines) is 4. The molecule has 0 radical (unpaired) electrons. The lowest BCUT2D eigenvalue weighted by Gasteiger charge is -2.53. The van der Waals surface area contributed by atoms with Gasteiger partial charge >= 0.3 is 24.3 Å². The van der Waals surface area contributed by atoms with Crippen LogP contribution in [0.1, 0.15) is 119 Å². The number of rotatable bonds is 12. The number of carbonyl (C=O) groups is 4. The highest BCUT2D eigenvalue weighted by atomic mass is 35.5. The van der Waals surface area contributed by atoms with Crippen molar-refractivity contribution in [2.45, 2.75) is 121 Å². The van der Waals surface area contributed by atoms with Gasteiger partial charge in [0, 0.05) is 57.1 Å². The van der Waals surface area contributed by atoms with Gasteiger partial charge in [0.25, 0.3) is 0 Å². The average molecular weight is 1130 g/mol. The summed E-state index contributed by atoms with van der Waals surface area (Å²) >= 11 is 24.9. The second-order valence-corrected chi connectivity index (χ2v) is 22.4. The van der Waals surface area contributed by atoms with Crippen LogP contribution in [0.3, 0.4) is 0 Å². The number of nitrogens with zero attached hydrogens (tertiary/aromatic N) is 4. The van der Waals surface area contributed by atoms with Gasteiger partial charge in [-0.3, -0.25) is 29.0 Å². The molecule has 4 saturated heterocycles. The fourth-order valence-electron chi connectivity index (χ4n) is 11.9. The minimum absolute atomic E-state index is 0. The van der Waals surface area contributed by atoms with Crippen LogP contribution in [0.15, 0.2) is 97.1 Å². The zero-order chi connectivity index (χ0) is 53.9. The van der Waals surface area contributed by atoms with Gasteiger partial charge in [-0.25, -0.2) is 0 Å². The van der Waals surface area contributed by atoms with Gasteiger partial charge in [-0.1, -0.05) is 116 Å². The van der Waals surface area contributed by atoms with E-state index in [1.54, 1.807) is 84.3 Å². The third kappa shape index (κ3) is 14.9. The Balaban J connectivity index is 0.000000241. The van der Waals surface area contributed by atoms with Gasteiger partial charge in [-0.05, 0) is 122 Å². The van der Waals surface area contributed by atoms with Crippen LogP contribution in [-0.4, -0.2) is 117 Å². The molecule has 4 aliphatic heterocycles. The van der Waals surface area contributed by atoms with Crippen molar-refractivity contribution in [3.05, 3.63) is 139 Å². The van der Waals surface area contributed by atoms with Crippen molar-refractivity contribution < 1.29 is 55.7 Å². The van der Waals surface area contributed by atoms with Crippen LogP contribution < -0.4 is 0 Å². The number of halogens is 10. The predicted octanol–water partition coefficient (Wildman–Crippen LogP) is 13.8. The van der Waals surface area contributed by atoms with Gasteiger partial charge in [-0.15, -0.1) is 0 Å². The van der Waals surface area contributed by atoms with Crippen LogP contribution in [0, 0.1) is 10.8 Å². The quantitative estimate of drug-likeness (QED) is 0.135. The van der Waals surface area contributed by atoms with Gasteiger partial charge in [-0.2, -0.15) is 26.3 Å². The Morgan fingerprint density at radius 3 is 1.21 bits per heavy atom. The van der Waals surface area contributed by atoms with E-state index in [1.165, 1.54) is 9.80 Å². The summed E-state index contributed by atoms with van der Waals surface area (Å²) < 4.78 is 79.4. The summed E-state index contributed by atoms with van der Waals surface area (Å²) in [6.45, 7) is 1.86. The third-order valence-electron chi connectivity index (χ3n) is 14.8. The maximum absolute atomic E-state index is 14.1. The molecule has 0 bridgehead atoms. The van der Waals surface area contributed by atoms with Crippen LogP contribution in [0.4, 0.5) is 26.3 Å². The largest absolute Gasteiger partial charge is 0.481 e. The molecule has 4 heterocycles. The highest BCUT2D eigenvalue weighted by molar-refractivity contribution is 6.31. The molecule has 10 nitrogen and oxygen atoms in total. The maximum atomic E-state index is 14.1. The highest BCUT2D eigenvalue weighted by Gasteiger charge is 2.55. The minimum Gasteiger partial charge on any atom is -0.481 e. The Labute approximate surface area is 453 Å². The standard InChI is InChI=1S/2C27H29Cl2F3N2O3.CH4/c2*1-26(14-23(35)36)13-22(18-4-2-5-20(29)12-18)24(17-7-9-19(28)10-8-17)34(25(26)37)21-6-3-11-33(15-21)16-27(30,31)32;/h2*2,4-5,7-10,12,21-22,24H,3,6,11,13-16H2,1H3,(H,35,36);1H4/t21-,22+,24+,26+;21-,22-,24-,26-;/m01./s1. The van der Waals surface area contributed by atoms with Crippen LogP contribution in [0.5, 0.6) is 0 Å². The number of carboxylic acid groups (broad SMARTS) is 2. The van der Waals surface area contributed by atoms with E-state index in [-0.39, 0.29) is 82.9 Å². The van der Waals surface area contributed by atoms with Crippen molar-refractivity contribution in [2.24, 2.45) is 10.8 Å². The van der Waals surface area contributed by atoms with Gasteiger partial charge in [0.05, 0.1) is 48.8 Å². The second-order valence-electron chi connectivity index (χ2n) is 20.7. The molecule has 8 atom stereocenters. The average Bonchev–Trinajstić information content (AvgIpc) is 3.30. The van der Waals surface area contributed by atoms with E-state index in [1.807, 2.05) is 36.4 Å². The molecule has 0 aliphatic carbocycles. The van der Waals surface area contributed by atoms with Crippen molar-refractivity contribution in [3.63, 3.8) is 0 Å². The van der Waals surface area contributed by atoms with E-state index >= 15 is 0 Å². The van der Waals surface area contributed by atoms with Crippen molar-refractivity contribution in [1.29, 1.82) is 0 Å². The Morgan fingerprint density at radius 2 is 0.907 bits per heavy atom. The Bertz CT molecular complexity index is 2470. The van der Waals surface area contributed by atoms with Crippen LogP contribution in [0.25, 0.3) is 0 Å². The summed E-state index contributed by atoms with van der Waals surface area (Å²) in [6, 6.07) is 26.6. The fraction of sp³-hybridized carbons (Fsp3) is 0.491. The molecule has 4 aliphatic rings. The number of hydrogen-bond acceptors (Lipinski definition) is 6. The normalized spacial score (nSPS) is 27.0. The van der Waals surface area contributed by atoms with Gasteiger partial charge in [0.2, 0.25) is 11.8 Å². The molecular weight excluding hydrogens is 1070 g/mol. The number of piperidine rings is 4. The lowest BCUT2D eigenvalue weighted by molar-refractivity contribution is -0.166. The zero-order valence-electron chi connectivity index (χ0n) is 40.7. The summed E-state index contributed by atoms with van der Waals surface area (Å²) in [5.74, 6) is -3.58. The molecule has 0 spiro atoms. The fourth-order valence-corrected chi connectivity index (χ4v) is 12.5. The summed E-state index contributed by atoms with van der Waals surface area (Å²) in [5, 5.41) is 21.4. The zero-order valence-corrected chi connectivity index (χ0v) is 43.7. The van der Waals surface area contributed by atoms with Crippen molar-refractivity contribution in [2.75, 3.05) is 39.3 Å². The van der Waals surface area contributed by atoms with Gasteiger partial charge in [0.15, 0.2) is 0 Å². The molecule has 408 valence electrons. The second kappa shape index (κ2) is 24.4. The number of alkyl halides is 6. The summed E-state index contributed by atoms with van der Waals surface area (Å²) in [6.07, 6.45) is -6.94. The monoisotopic (exact) mass is 1130 g/mol. The van der Waals surface area contributed by atoms with Gasteiger partial charge < -0.3 is 20.0 Å². The van der Waals surface area contributed by atoms with Gasteiger partial charge in [0.1, 0.15) is 0 Å². The molecule has 4 aromatic rings. The van der Waals surface area contributed by atoms with E-state index in [2.05, 4.69) is 0 Å². The Morgan fingerprint density at radius 1 is 0.560 bits per heavy atom. The molecule has 8 rings (SSSR count). The first kappa shape index (κ1) is 59.7. The number of benzene rings is 4. The first-order valence-electron chi connectivity index (χ1n) is 24.4. The molecule has 4 aromatic carbocycles. The minimum atomic E-state index is -4.36. The SMILES string of the molecule is C.C[C@]1(CC(=O)O)C[C@H](c2cccc(Cl)c2)[C@@H](c2ccc(Cl)cc2)N([C@@H]2CCCN(CC(F)(F)F)C2)C1=O.C[C@]1(CC(=O)O)C[C@H](c2cccc(Cl)c2)[C@@H](c2ccc(Cl)cc2)N([C@H]2CCCN(CC(F)(F)F)C2)C1=O. The number of hydrogen-bond donors (Lipinski definition) is 2. The highest BCUT2D eigenvalue weighted by Crippen LogP contribution is 2.54. The lowest BCUT2D eigenvalue weighted by Crippen LogP contribution is -2.60. The molecule has 20 heteroatoms. The molecule has 4 fully saturated rings. The van der Waals surface area contributed by atoms with Crippen molar-refractivity contribution >= 4 is 70.2 Å². The topological polar surface area (TPSA) is 122 Å². The van der Waals surface area contributed by atoms with E-state index in [0.717, 1.165) is 22.3 Å². The molecule has 0 unspecified atom stereocenters. The van der Waals surface area contributed by atoms with E-state index in [4.69, 9.17) is 46.4 Å². The molecule has 2 N–H and O–H groups in total. The number of carboxylic acids is 2. The summed E-state index contributed by atoms with van der Waals surface area (Å²) in [7, 11) is 0. The number of aliphatic carboxylic acids is 2. The molecular formula is C55H62Cl4F6N4O6. The van der Waals surface area contributed by atoms with Crippen molar-refractivity contribution in [3.8, 4) is 0 Å². The van der Waals surface area contributed by atoms with Crippen LogP contribution >= 0.6 is 46.4 Å². The summed E-state index contributed by atoms with van der Waals surface area (Å²) in [5.41, 5.74) is 0.761. The van der Waals surface area contributed by atoms with Crippen LogP contribution in [0.2, 0.25) is 20.1 Å². The summed E-state index contributed by atoms with van der Waals surface area (Å²) in [4.78, 5) is 58.0. The van der Waals surface area contributed by atoms with E-state index in [9.17, 15) is 55.7 Å². The van der Waals surface area contributed by atoms with E-state index < -0.39 is 72.4 Å². The van der Waals surface area contributed by atoms with Crippen molar-refractivity contribution in [1.82, 2.24) is 19.6 Å². The van der Waals surface area contributed by atoms with Crippen LogP contribution in [-0.2, 0) is 19.2 Å². The first-order chi connectivity index (χ1) is 34.7. The maximum Gasteiger partial charge on any atom is 0.401 e. The number of amides is 2. The molecule has 75 heavy (non-hydrogen) atoms. The first-order valence-corrected chi connectivity index (χ1v) is 25.9. The third-order valence-corrected chi connectivity index (χ3v) is 15.8. The molecule has 0 aromatic heterocycles. The smallest absolute Gasteiger partial charge is 0.401 e. The molecule has 2 amide bonds.